The Morgan fingerprint density at radius 1 is 1.61 bits per heavy atom. The second-order valence-corrected chi connectivity index (χ2v) is 6.58. The number of halogens is 2. The zero-order valence-electron chi connectivity index (χ0n) is 9.86. The first kappa shape index (κ1) is 14.0. The van der Waals surface area contributed by atoms with Gasteiger partial charge >= 0.3 is 0 Å². The van der Waals surface area contributed by atoms with Crippen molar-refractivity contribution in [1.82, 2.24) is 0 Å². The van der Waals surface area contributed by atoms with Crippen molar-refractivity contribution in [3.63, 3.8) is 0 Å². The highest BCUT2D eigenvalue weighted by atomic mass is 35.5. The number of rotatable bonds is 4. The van der Waals surface area contributed by atoms with E-state index in [4.69, 9.17) is 16.3 Å². The fourth-order valence-corrected chi connectivity index (χ4v) is 3.72. The average molecular weight is 306 g/mol. The van der Waals surface area contributed by atoms with E-state index in [2.05, 4.69) is 11.9 Å². The highest BCUT2D eigenvalue weighted by Gasteiger charge is 2.13. The first-order chi connectivity index (χ1) is 8.65. The maximum atomic E-state index is 12.8. The van der Waals surface area contributed by atoms with Gasteiger partial charge in [-0.15, -0.1) is 0 Å². The van der Waals surface area contributed by atoms with Gasteiger partial charge in [-0.05, 0) is 25.1 Å². The predicted octanol–water partition coefficient (Wildman–Crippen LogP) is 4.08. The molecule has 6 heteroatoms. The van der Waals surface area contributed by atoms with Crippen molar-refractivity contribution in [3.05, 3.63) is 29.0 Å². The van der Waals surface area contributed by atoms with Crippen molar-refractivity contribution >= 4 is 39.5 Å². The topological polar surface area (TPSA) is 21.6 Å². The molecule has 0 radical (unpaired) electrons. The lowest BCUT2D eigenvalue weighted by Gasteiger charge is -2.07. The molecule has 0 aliphatic carbocycles. The number of ether oxygens (including phenoxy) is 1. The van der Waals surface area contributed by atoms with Gasteiger partial charge in [0, 0.05) is 11.5 Å². The lowest BCUT2D eigenvalue weighted by atomic mass is 10.3. The van der Waals surface area contributed by atoms with E-state index in [1.54, 1.807) is 29.6 Å². The molecular formula is C12H13ClFNOS2. The number of hydrogen-bond acceptors (Lipinski definition) is 4. The Hall–Kier alpha value is -0.390. The highest BCUT2D eigenvalue weighted by molar-refractivity contribution is 8.39. The third kappa shape index (κ3) is 4.07. The Bertz CT molecular complexity index is 456. The molecule has 0 aromatic heterocycles. The summed E-state index contributed by atoms with van der Waals surface area (Å²) >= 11 is 9.33. The zero-order chi connectivity index (χ0) is 13.0. The summed E-state index contributed by atoms with van der Waals surface area (Å²) in [6.07, 6.45) is 0. The Morgan fingerprint density at radius 2 is 2.44 bits per heavy atom. The second-order valence-electron chi connectivity index (χ2n) is 3.83. The van der Waals surface area contributed by atoms with Crippen LogP contribution in [0.5, 0.6) is 5.75 Å². The van der Waals surface area contributed by atoms with Crippen LogP contribution in [-0.2, 0) is 0 Å². The number of benzene rings is 1. The van der Waals surface area contributed by atoms with Gasteiger partial charge in [-0.2, -0.15) is 0 Å². The third-order valence-electron chi connectivity index (χ3n) is 2.23. The number of nitrogens with zero attached hydrogens (tertiary/aromatic N) is 1. The normalized spacial score (nSPS) is 18.8. The minimum Gasteiger partial charge on any atom is -0.491 e. The van der Waals surface area contributed by atoms with Crippen molar-refractivity contribution < 1.29 is 9.13 Å². The Labute approximate surface area is 119 Å². The smallest absolute Gasteiger partial charge is 0.138 e. The van der Waals surface area contributed by atoms with Crippen LogP contribution in [0.25, 0.3) is 0 Å². The second kappa shape index (κ2) is 6.68. The summed E-state index contributed by atoms with van der Waals surface area (Å²) in [7, 11) is 0. The molecule has 1 aromatic carbocycles. The molecule has 18 heavy (non-hydrogen) atoms. The molecule has 1 aliphatic heterocycles. The minimum atomic E-state index is -0.354. The van der Waals surface area contributed by atoms with Gasteiger partial charge in [0.25, 0.3) is 0 Å². The maximum Gasteiger partial charge on any atom is 0.138 e. The molecule has 1 atom stereocenters. The van der Waals surface area contributed by atoms with Gasteiger partial charge in [0.05, 0.1) is 17.7 Å². The molecule has 2 nitrogen and oxygen atoms in total. The van der Waals surface area contributed by atoms with Crippen LogP contribution in [-0.4, -0.2) is 28.5 Å². The van der Waals surface area contributed by atoms with E-state index >= 15 is 0 Å². The standard InChI is InChI=1S/C12H13ClFNOS2/c1-8-7-18-12(15-8)17-5-4-16-11-3-2-9(14)6-10(11)13/h2-3,6,8H,4-5,7H2,1H3/t8-/m0/s1. The lowest BCUT2D eigenvalue weighted by Crippen LogP contribution is -2.02. The number of hydrogen-bond donors (Lipinski definition) is 0. The van der Waals surface area contributed by atoms with Gasteiger partial charge in [0.1, 0.15) is 15.9 Å². The number of thioether (sulfide) groups is 2. The van der Waals surface area contributed by atoms with Crippen LogP contribution in [0.1, 0.15) is 6.92 Å². The summed E-state index contributed by atoms with van der Waals surface area (Å²) in [5, 5.41) is 0.307. The summed E-state index contributed by atoms with van der Waals surface area (Å²) in [5.74, 6) is 2.04. The molecule has 98 valence electrons. The Kier molecular flexibility index (Phi) is 5.21. The van der Waals surface area contributed by atoms with Gasteiger partial charge in [-0.25, -0.2) is 4.39 Å². The van der Waals surface area contributed by atoms with Crippen LogP contribution in [0.3, 0.4) is 0 Å². The SMILES string of the molecule is C[C@H]1CSC(SCCOc2ccc(F)cc2Cl)=N1. The van der Waals surface area contributed by atoms with Gasteiger partial charge in [0.15, 0.2) is 0 Å². The molecule has 1 heterocycles. The molecule has 0 saturated carbocycles. The monoisotopic (exact) mass is 305 g/mol. The molecule has 0 spiro atoms. The molecular weight excluding hydrogens is 293 g/mol. The van der Waals surface area contributed by atoms with Crippen molar-refractivity contribution in [3.8, 4) is 5.75 Å². The van der Waals surface area contributed by atoms with Crippen LogP contribution in [0.2, 0.25) is 5.02 Å². The molecule has 0 bridgehead atoms. The average Bonchev–Trinajstić information content (AvgIpc) is 2.73. The first-order valence-corrected chi connectivity index (χ1v) is 7.91. The molecule has 1 aromatic rings. The largest absolute Gasteiger partial charge is 0.491 e. The van der Waals surface area contributed by atoms with E-state index in [9.17, 15) is 4.39 Å². The maximum absolute atomic E-state index is 12.8. The fraction of sp³-hybridized carbons (Fsp3) is 0.417. The van der Waals surface area contributed by atoms with Gasteiger partial charge in [0.2, 0.25) is 0 Å². The minimum absolute atomic E-state index is 0.307. The highest BCUT2D eigenvalue weighted by Crippen LogP contribution is 2.27. The van der Waals surface area contributed by atoms with Crippen molar-refractivity contribution in [1.29, 1.82) is 0 Å². The Balaban J connectivity index is 1.74. The summed E-state index contributed by atoms with van der Waals surface area (Å²) in [6.45, 7) is 2.64. The molecule has 0 N–H and O–H groups in total. The Morgan fingerprint density at radius 3 is 3.11 bits per heavy atom. The van der Waals surface area contributed by atoms with Crippen LogP contribution in [0.15, 0.2) is 23.2 Å². The summed E-state index contributed by atoms with van der Waals surface area (Å²) in [6, 6.07) is 4.56. The van der Waals surface area contributed by atoms with E-state index in [-0.39, 0.29) is 5.82 Å². The van der Waals surface area contributed by atoms with Crippen LogP contribution in [0, 0.1) is 5.82 Å². The molecule has 0 saturated heterocycles. The summed E-state index contributed by atoms with van der Waals surface area (Å²) in [5.41, 5.74) is 0. The predicted molar refractivity (Wildman–Crippen MR) is 78.7 cm³/mol. The van der Waals surface area contributed by atoms with Gasteiger partial charge in [-0.1, -0.05) is 35.1 Å². The van der Waals surface area contributed by atoms with Crippen LogP contribution < -0.4 is 4.74 Å². The summed E-state index contributed by atoms with van der Waals surface area (Å²) < 4.78 is 19.4. The van der Waals surface area contributed by atoms with Crippen molar-refractivity contribution in [2.24, 2.45) is 4.99 Å². The lowest BCUT2D eigenvalue weighted by molar-refractivity contribution is 0.344. The van der Waals surface area contributed by atoms with Crippen molar-refractivity contribution in [2.75, 3.05) is 18.1 Å². The third-order valence-corrected chi connectivity index (χ3v) is 4.96. The van der Waals surface area contributed by atoms with E-state index < -0.39 is 0 Å². The number of aliphatic imine (C=N–C) groups is 1. The van der Waals surface area contributed by atoms with Crippen LogP contribution in [0.4, 0.5) is 4.39 Å². The van der Waals surface area contributed by atoms with E-state index in [0.29, 0.717) is 23.4 Å². The molecule has 2 rings (SSSR count). The zero-order valence-corrected chi connectivity index (χ0v) is 12.2. The molecule has 0 amide bonds. The van der Waals surface area contributed by atoms with Crippen molar-refractivity contribution in [2.45, 2.75) is 13.0 Å². The summed E-state index contributed by atoms with van der Waals surface area (Å²) in [4.78, 5) is 4.47. The van der Waals surface area contributed by atoms with Gasteiger partial charge in [-0.3, -0.25) is 4.99 Å². The van der Waals surface area contributed by atoms with E-state index in [1.165, 1.54) is 12.1 Å². The quantitative estimate of drug-likeness (QED) is 0.782. The van der Waals surface area contributed by atoms with E-state index in [0.717, 1.165) is 15.9 Å². The van der Waals surface area contributed by atoms with Gasteiger partial charge < -0.3 is 4.74 Å². The van der Waals surface area contributed by atoms with E-state index in [1.807, 2.05) is 0 Å². The molecule has 0 unspecified atom stereocenters. The fourth-order valence-electron chi connectivity index (χ4n) is 1.40. The first-order valence-electron chi connectivity index (χ1n) is 5.56. The molecule has 1 aliphatic rings. The molecule has 0 fully saturated rings. The van der Waals surface area contributed by atoms with Crippen LogP contribution >= 0.6 is 35.1 Å².